The lowest BCUT2D eigenvalue weighted by Gasteiger charge is -2.61. The van der Waals surface area contributed by atoms with E-state index < -0.39 is 0 Å². The first-order valence-electron chi connectivity index (χ1n) is 13.7. The molecule has 0 spiro atoms. The number of hydrogen-bond acceptors (Lipinski definition) is 3. The van der Waals surface area contributed by atoms with Crippen molar-refractivity contribution in [1.82, 2.24) is 4.98 Å². The van der Waals surface area contributed by atoms with Crippen molar-refractivity contribution in [1.29, 1.82) is 0 Å². The highest BCUT2D eigenvalue weighted by Crippen LogP contribution is 2.68. The topological polar surface area (TPSA) is 62.2 Å². The second kappa shape index (κ2) is 8.98. The highest BCUT2D eigenvalue weighted by atomic mass is 16.3. The summed E-state index contributed by atoms with van der Waals surface area (Å²) in [5, 5.41) is 13.3. The summed E-state index contributed by atoms with van der Waals surface area (Å²) in [7, 11) is 0. The summed E-state index contributed by atoms with van der Waals surface area (Å²) < 4.78 is 0. The fourth-order valence-corrected chi connectivity index (χ4v) is 9.43. The molecule has 4 aliphatic carbocycles. The molecule has 4 aliphatic rings. The Labute approximate surface area is 200 Å². The Morgan fingerprint density at radius 2 is 1.79 bits per heavy atom. The van der Waals surface area contributed by atoms with Crippen molar-refractivity contribution in [2.45, 2.75) is 97.5 Å². The van der Waals surface area contributed by atoms with Gasteiger partial charge in [0.15, 0.2) is 0 Å². The number of hydrogen-bond donors (Lipinski definition) is 2. The molecule has 0 aromatic carbocycles. The number of aromatic nitrogens is 1. The molecule has 4 saturated carbocycles. The fourth-order valence-electron chi connectivity index (χ4n) is 9.43. The van der Waals surface area contributed by atoms with E-state index in [1.807, 2.05) is 12.1 Å². The van der Waals surface area contributed by atoms with Crippen LogP contribution in [-0.4, -0.2) is 22.1 Å². The van der Waals surface area contributed by atoms with Crippen LogP contribution in [0.25, 0.3) is 0 Å². The van der Waals surface area contributed by atoms with Crippen LogP contribution in [0.2, 0.25) is 0 Å². The Morgan fingerprint density at radius 1 is 1.06 bits per heavy atom. The van der Waals surface area contributed by atoms with Crippen LogP contribution in [0.3, 0.4) is 0 Å². The molecule has 5 rings (SSSR count). The van der Waals surface area contributed by atoms with E-state index in [1.54, 1.807) is 12.4 Å². The Kier molecular flexibility index (Phi) is 6.35. The predicted molar refractivity (Wildman–Crippen MR) is 132 cm³/mol. The molecule has 4 heteroatoms. The Bertz CT molecular complexity index is 843. The van der Waals surface area contributed by atoms with E-state index in [0.717, 1.165) is 54.5 Å². The van der Waals surface area contributed by atoms with Gasteiger partial charge in [-0.3, -0.25) is 9.78 Å². The van der Waals surface area contributed by atoms with E-state index in [4.69, 9.17) is 0 Å². The van der Waals surface area contributed by atoms with Gasteiger partial charge in [-0.05, 0) is 123 Å². The third-order valence-electron chi connectivity index (χ3n) is 11.2. The van der Waals surface area contributed by atoms with E-state index in [0.29, 0.717) is 23.2 Å². The summed E-state index contributed by atoms with van der Waals surface area (Å²) in [6.07, 6.45) is 16.5. The van der Waals surface area contributed by atoms with Gasteiger partial charge in [-0.2, -0.15) is 0 Å². The molecule has 4 nitrogen and oxygen atoms in total. The van der Waals surface area contributed by atoms with E-state index in [9.17, 15) is 9.90 Å². The van der Waals surface area contributed by atoms with Crippen LogP contribution in [0, 0.1) is 46.3 Å². The predicted octanol–water partition coefficient (Wildman–Crippen LogP) is 6.46. The minimum absolute atomic E-state index is 0.0547. The molecule has 1 aromatic rings. The third kappa shape index (κ3) is 4.15. The van der Waals surface area contributed by atoms with Gasteiger partial charge in [0.2, 0.25) is 5.91 Å². The average Bonchev–Trinajstić information content (AvgIpc) is 3.16. The summed E-state index contributed by atoms with van der Waals surface area (Å²) in [4.78, 5) is 16.5. The number of amides is 1. The van der Waals surface area contributed by atoms with Crippen LogP contribution in [0.15, 0.2) is 24.5 Å². The normalized spacial score (nSPS) is 43.2. The molecule has 4 fully saturated rings. The van der Waals surface area contributed by atoms with Crippen LogP contribution in [0.4, 0.5) is 5.69 Å². The van der Waals surface area contributed by atoms with Gasteiger partial charge in [0.25, 0.3) is 0 Å². The number of carbonyl (C=O) groups excluding carboxylic acids is 1. The van der Waals surface area contributed by atoms with E-state index in [1.165, 1.54) is 44.9 Å². The molecule has 33 heavy (non-hydrogen) atoms. The first-order valence-corrected chi connectivity index (χ1v) is 13.7. The first kappa shape index (κ1) is 23.3. The van der Waals surface area contributed by atoms with Gasteiger partial charge < -0.3 is 10.4 Å². The number of pyridine rings is 1. The van der Waals surface area contributed by atoms with E-state index in [-0.39, 0.29) is 12.0 Å². The Morgan fingerprint density at radius 3 is 2.58 bits per heavy atom. The molecule has 1 unspecified atom stereocenters. The van der Waals surface area contributed by atoms with Crippen molar-refractivity contribution in [3.05, 3.63) is 24.5 Å². The molecule has 0 bridgehead atoms. The average molecular weight is 453 g/mol. The highest BCUT2D eigenvalue weighted by Gasteiger charge is 2.60. The zero-order chi connectivity index (χ0) is 23.2. The van der Waals surface area contributed by atoms with Gasteiger partial charge in [-0.15, -0.1) is 0 Å². The molecular formula is C29H44N2O2. The van der Waals surface area contributed by atoms with Gasteiger partial charge >= 0.3 is 0 Å². The third-order valence-corrected chi connectivity index (χ3v) is 11.2. The number of aliphatic hydroxyl groups is 1. The minimum atomic E-state index is -0.0547. The molecule has 0 aliphatic heterocycles. The maximum Gasteiger partial charge on any atom is 0.224 e. The SMILES string of the molecule is CC(CCC(=O)Nc1ccncc1)[C@H]1CC[C@H]2[C@@H]3CC[C@H]4C[C@@H](O)CC[C@]4(C)[C@H]3CC[C@]12C. The maximum absolute atomic E-state index is 12.5. The zero-order valence-electron chi connectivity index (χ0n) is 20.9. The quantitative estimate of drug-likeness (QED) is 0.539. The second-order valence-electron chi connectivity index (χ2n) is 12.6. The van der Waals surface area contributed by atoms with Crippen molar-refractivity contribution < 1.29 is 9.90 Å². The smallest absolute Gasteiger partial charge is 0.224 e. The summed E-state index contributed by atoms with van der Waals surface area (Å²) in [5.74, 6) is 4.81. The molecule has 0 radical (unpaired) electrons. The van der Waals surface area contributed by atoms with Gasteiger partial charge in [-0.1, -0.05) is 20.8 Å². The number of nitrogens with zero attached hydrogens (tertiary/aromatic N) is 1. The summed E-state index contributed by atoms with van der Waals surface area (Å²) in [5.41, 5.74) is 1.74. The van der Waals surface area contributed by atoms with Crippen molar-refractivity contribution >= 4 is 11.6 Å². The van der Waals surface area contributed by atoms with E-state index in [2.05, 4.69) is 31.1 Å². The lowest BCUT2D eigenvalue weighted by molar-refractivity contribution is -0.129. The molecule has 1 aromatic heterocycles. The van der Waals surface area contributed by atoms with Gasteiger partial charge in [0.05, 0.1) is 6.10 Å². The Hall–Kier alpha value is -1.42. The monoisotopic (exact) mass is 452 g/mol. The number of carbonyl (C=O) groups is 1. The second-order valence-corrected chi connectivity index (χ2v) is 12.6. The number of rotatable bonds is 5. The Balaban J connectivity index is 1.22. The zero-order valence-corrected chi connectivity index (χ0v) is 20.9. The van der Waals surface area contributed by atoms with Crippen LogP contribution in [0.1, 0.15) is 91.4 Å². The molecule has 182 valence electrons. The summed E-state index contributed by atoms with van der Waals surface area (Å²) in [6.45, 7) is 7.60. The van der Waals surface area contributed by atoms with E-state index >= 15 is 0 Å². The van der Waals surface area contributed by atoms with Crippen LogP contribution < -0.4 is 5.32 Å². The van der Waals surface area contributed by atoms with Gasteiger partial charge in [0.1, 0.15) is 0 Å². The lowest BCUT2D eigenvalue weighted by Crippen LogP contribution is -2.54. The molecular weight excluding hydrogens is 408 g/mol. The standard InChI is InChI=1S/C29H44N2O2/c1-19(4-9-27(33)31-21-12-16-30-17-13-21)24-7-8-25-23-6-5-20-18-22(32)10-14-28(20,2)26(23)11-15-29(24,25)3/h12-13,16-17,19-20,22-26,32H,4-11,14-15,18H2,1-3H3,(H,30,31,33)/t19?,20-,22-,23-,24+,25-,26-,28-,29+/m0/s1. The largest absolute Gasteiger partial charge is 0.393 e. The van der Waals surface area contributed by atoms with Crippen molar-refractivity contribution in [2.75, 3.05) is 5.32 Å². The molecule has 0 saturated heterocycles. The first-order chi connectivity index (χ1) is 15.8. The van der Waals surface area contributed by atoms with Crippen LogP contribution in [0.5, 0.6) is 0 Å². The summed E-state index contributed by atoms with van der Waals surface area (Å²) in [6, 6.07) is 3.70. The lowest BCUT2D eigenvalue weighted by atomic mass is 9.44. The number of fused-ring (bicyclic) bond motifs is 5. The van der Waals surface area contributed by atoms with Gasteiger partial charge in [0, 0.05) is 24.5 Å². The maximum atomic E-state index is 12.5. The van der Waals surface area contributed by atoms with Crippen molar-refractivity contribution in [3.8, 4) is 0 Å². The molecule has 2 N–H and O–H groups in total. The number of aliphatic hydroxyl groups excluding tert-OH is 1. The molecule has 1 heterocycles. The molecule has 1 amide bonds. The van der Waals surface area contributed by atoms with Crippen molar-refractivity contribution in [3.63, 3.8) is 0 Å². The summed E-state index contributed by atoms with van der Waals surface area (Å²) >= 11 is 0. The molecule has 9 atom stereocenters. The number of nitrogens with one attached hydrogen (secondary N) is 1. The fraction of sp³-hybridized carbons (Fsp3) is 0.793. The van der Waals surface area contributed by atoms with Gasteiger partial charge in [-0.25, -0.2) is 0 Å². The number of anilines is 1. The van der Waals surface area contributed by atoms with Crippen LogP contribution >= 0.6 is 0 Å². The van der Waals surface area contributed by atoms with Crippen LogP contribution in [-0.2, 0) is 4.79 Å². The highest BCUT2D eigenvalue weighted by molar-refractivity contribution is 5.90. The van der Waals surface area contributed by atoms with Crippen molar-refractivity contribution in [2.24, 2.45) is 46.3 Å². The minimum Gasteiger partial charge on any atom is -0.393 e.